The highest BCUT2D eigenvalue weighted by Crippen LogP contribution is 2.25. The van der Waals surface area contributed by atoms with Crippen molar-refractivity contribution in [2.45, 2.75) is 51.6 Å². The van der Waals surface area contributed by atoms with Crippen LogP contribution in [0.3, 0.4) is 0 Å². The maximum atomic E-state index is 4.68. The van der Waals surface area contributed by atoms with Crippen molar-refractivity contribution in [3.05, 3.63) is 71.6 Å². The Labute approximate surface area is 202 Å². The maximum Gasteiger partial charge on any atom is 0.123 e. The fourth-order valence-corrected chi connectivity index (χ4v) is 4.45. The summed E-state index contributed by atoms with van der Waals surface area (Å²) in [5.41, 5.74) is 7.11. The Morgan fingerprint density at radius 2 is 1.85 bits per heavy atom. The lowest BCUT2D eigenvalue weighted by molar-refractivity contribution is 0.611. The van der Waals surface area contributed by atoms with Crippen molar-refractivity contribution in [1.82, 2.24) is 30.6 Å². The SMILES string of the molecule is C#C.CCCNCc1nc2ccc(-c3ccc(CCc4cnc([C@@H]5CCCN5)[nH]4)cc3)cc2[nH]1. The number of aromatic amines is 2. The third-order valence-electron chi connectivity index (χ3n) is 6.26. The molecule has 2 aromatic carbocycles. The molecule has 1 aliphatic rings. The number of aryl methyl sites for hydroxylation is 2. The molecule has 0 amide bonds. The average Bonchev–Trinajstić information content (AvgIpc) is 3.65. The molecule has 0 unspecified atom stereocenters. The van der Waals surface area contributed by atoms with Crippen molar-refractivity contribution >= 4 is 11.0 Å². The Balaban J connectivity index is 0.00000133. The van der Waals surface area contributed by atoms with Crippen LogP contribution >= 0.6 is 0 Å². The first kappa shape index (κ1) is 23.7. The summed E-state index contributed by atoms with van der Waals surface area (Å²) in [7, 11) is 0. The topological polar surface area (TPSA) is 81.4 Å². The Bertz CT molecular complexity index is 1190. The van der Waals surface area contributed by atoms with E-state index in [1.165, 1.54) is 35.2 Å². The van der Waals surface area contributed by atoms with Gasteiger partial charge in [0.25, 0.3) is 0 Å². The molecule has 5 rings (SSSR count). The lowest BCUT2D eigenvalue weighted by Gasteiger charge is -2.06. The summed E-state index contributed by atoms with van der Waals surface area (Å²) in [6.45, 7) is 5.05. The number of fused-ring (bicyclic) bond motifs is 1. The average molecular weight is 455 g/mol. The zero-order valence-electron chi connectivity index (χ0n) is 19.9. The highest BCUT2D eigenvalue weighted by molar-refractivity contribution is 5.82. The van der Waals surface area contributed by atoms with Gasteiger partial charge in [-0.2, -0.15) is 0 Å². The van der Waals surface area contributed by atoms with Gasteiger partial charge in [-0.25, -0.2) is 9.97 Å². The van der Waals surface area contributed by atoms with Gasteiger partial charge in [-0.15, -0.1) is 12.8 Å². The van der Waals surface area contributed by atoms with Crippen molar-refractivity contribution in [1.29, 1.82) is 0 Å². The van der Waals surface area contributed by atoms with Crippen molar-refractivity contribution in [2.24, 2.45) is 0 Å². The van der Waals surface area contributed by atoms with E-state index >= 15 is 0 Å². The van der Waals surface area contributed by atoms with Gasteiger partial charge in [0.05, 0.1) is 23.6 Å². The van der Waals surface area contributed by atoms with E-state index in [4.69, 9.17) is 0 Å². The number of imidazole rings is 2. The molecule has 0 radical (unpaired) electrons. The minimum absolute atomic E-state index is 0.402. The van der Waals surface area contributed by atoms with E-state index in [1.807, 2.05) is 6.20 Å². The van der Waals surface area contributed by atoms with Gasteiger partial charge in [-0.05, 0) is 74.0 Å². The highest BCUT2D eigenvalue weighted by atomic mass is 15.0. The van der Waals surface area contributed by atoms with Gasteiger partial charge in [0.1, 0.15) is 11.6 Å². The van der Waals surface area contributed by atoms with Crippen LogP contribution in [-0.4, -0.2) is 33.0 Å². The molecule has 6 heteroatoms. The normalized spacial score (nSPS) is 15.3. The number of aromatic nitrogens is 4. The molecular weight excluding hydrogens is 420 g/mol. The van der Waals surface area contributed by atoms with Crippen LogP contribution in [0.5, 0.6) is 0 Å². The Morgan fingerprint density at radius 3 is 2.62 bits per heavy atom. The van der Waals surface area contributed by atoms with Crippen molar-refractivity contribution in [3.63, 3.8) is 0 Å². The van der Waals surface area contributed by atoms with E-state index in [2.05, 4.69) is 92.8 Å². The standard InChI is InChI=1S/C26H32N6.C2H2/c1-2-13-27-17-25-31-22-12-10-20(15-24(22)32-25)19-8-5-18(6-9-19)7-11-21-16-29-26(30-21)23-4-3-14-28-23;1-2/h5-6,8-10,12,15-16,23,27-28H,2-4,7,11,13-14,17H2,1H3,(H,29,30)(H,31,32);1-2H/t23-;/m0./s1. The molecule has 1 fully saturated rings. The zero-order valence-corrected chi connectivity index (χ0v) is 19.9. The second-order valence-corrected chi connectivity index (χ2v) is 8.73. The van der Waals surface area contributed by atoms with Gasteiger partial charge >= 0.3 is 0 Å². The van der Waals surface area contributed by atoms with E-state index in [0.29, 0.717) is 6.04 Å². The van der Waals surface area contributed by atoms with Crippen LogP contribution in [0.4, 0.5) is 0 Å². The largest absolute Gasteiger partial charge is 0.345 e. The quantitative estimate of drug-likeness (QED) is 0.214. The number of H-pyrrole nitrogens is 2. The monoisotopic (exact) mass is 454 g/mol. The number of hydrogen-bond donors (Lipinski definition) is 4. The first-order valence-electron chi connectivity index (χ1n) is 12.2. The number of benzene rings is 2. The number of nitrogens with one attached hydrogen (secondary N) is 4. The molecule has 176 valence electrons. The smallest absolute Gasteiger partial charge is 0.123 e. The summed E-state index contributed by atoms with van der Waals surface area (Å²) >= 11 is 0. The molecule has 34 heavy (non-hydrogen) atoms. The van der Waals surface area contributed by atoms with E-state index < -0.39 is 0 Å². The molecule has 1 aliphatic heterocycles. The Kier molecular flexibility index (Phi) is 8.13. The second kappa shape index (κ2) is 11.6. The summed E-state index contributed by atoms with van der Waals surface area (Å²) in [5.74, 6) is 2.08. The van der Waals surface area contributed by atoms with Gasteiger partial charge in [0.2, 0.25) is 0 Å². The molecule has 0 spiro atoms. The number of nitrogens with zero attached hydrogens (tertiary/aromatic N) is 2. The molecule has 1 atom stereocenters. The maximum absolute atomic E-state index is 4.68. The third-order valence-corrected chi connectivity index (χ3v) is 6.26. The molecule has 4 aromatic rings. The van der Waals surface area contributed by atoms with Gasteiger partial charge in [-0.1, -0.05) is 37.3 Å². The van der Waals surface area contributed by atoms with Crippen LogP contribution in [-0.2, 0) is 19.4 Å². The van der Waals surface area contributed by atoms with Crippen molar-refractivity contribution < 1.29 is 0 Å². The predicted octanol–water partition coefficient (Wildman–Crippen LogP) is 4.91. The molecule has 3 heterocycles. The summed E-state index contributed by atoms with van der Waals surface area (Å²) in [5, 5.41) is 6.90. The highest BCUT2D eigenvalue weighted by Gasteiger charge is 2.18. The molecule has 0 saturated carbocycles. The molecule has 2 aromatic heterocycles. The third kappa shape index (κ3) is 5.74. The van der Waals surface area contributed by atoms with E-state index in [1.54, 1.807) is 0 Å². The number of terminal acetylenes is 1. The van der Waals surface area contributed by atoms with Crippen LogP contribution in [0.2, 0.25) is 0 Å². The fourth-order valence-electron chi connectivity index (χ4n) is 4.45. The van der Waals surface area contributed by atoms with Gasteiger partial charge < -0.3 is 20.6 Å². The summed E-state index contributed by atoms with van der Waals surface area (Å²) in [6.07, 6.45) is 15.5. The Hall–Kier alpha value is -3.40. The van der Waals surface area contributed by atoms with Gasteiger partial charge in [-0.3, -0.25) is 0 Å². The minimum atomic E-state index is 0.402. The van der Waals surface area contributed by atoms with Crippen LogP contribution in [0, 0.1) is 12.8 Å². The number of rotatable bonds is 9. The molecule has 0 aliphatic carbocycles. The van der Waals surface area contributed by atoms with E-state index in [0.717, 1.165) is 61.6 Å². The van der Waals surface area contributed by atoms with Crippen molar-refractivity contribution in [2.75, 3.05) is 13.1 Å². The van der Waals surface area contributed by atoms with Crippen LogP contribution in [0.25, 0.3) is 22.2 Å². The van der Waals surface area contributed by atoms with Crippen LogP contribution in [0.1, 0.15) is 55.1 Å². The fraction of sp³-hybridized carbons (Fsp3) is 0.357. The van der Waals surface area contributed by atoms with Gasteiger partial charge in [0.15, 0.2) is 0 Å². The second-order valence-electron chi connectivity index (χ2n) is 8.73. The summed E-state index contributed by atoms with van der Waals surface area (Å²) < 4.78 is 0. The van der Waals surface area contributed by atoms with E-state index in [9.17, 15) is 0 Å². The number of hydrogen-bond acceptors (Lipinski definition) is 4. The zero-order chi connectivity index (χ0) is 23.8. The molecule has 1 saturated heterocycles. The molecule has 6 nitrogen and oxygen atoms in total. The van der Waals surface area contributed by atoms with Crippen molar-refractivity contribution in [3.8, 4) is 24.0 Å². The summed E-state index contributed by atoms with van der Waals surface area (Å²) in [6, 6.07) is 15.8. The van der Waals surface area contributed by atoms with Gasteiger partial charge in [0, 0.05) is 11.9 Å². The molecular formula is C28H34N6. The van der Waals surface area contributed by atoms with Crippen LogP contribution < -0.4 is 10.6 Å². The Morgan fingerprint density at radius 1 is 1.03 bits per heavy atom. The summed E-state index contributed by atoms with van der Waals surface area (Å²) in [4.78, 5) is 16.2. The first-order chi connectivity index (χ1) is 16.8. The lowest BCUT2D eigenvalue weighted by Crippen LogP contribution is -2.14. The molecule has 4 N–H and O–H groups in total. The first-order valence-corrected chi connectivity index (χ1v) is 12.2. The minimum Gasteiger partial charge on any atom is -0.345 e. The lowest BCUT2D eigenvalue weighted by atomic mass is 10.0. The van der Waals surface area contributed by atoms with E-state index in [-0.39, 0.29) is 0 Å². The molecule has 0 bridgehead atoms. The van der Waals surface area contributed by atoms with Crippen LogP contribution in [0.15, 0.2) is 48.7 Å². The predicted molar refractivity (Wildman–Crippen MR) is 139 cm³/mol.